The monoisotopic (exact) mass is 689 g/mol. The number of thiophene rings is 1. The van der Waals surface area contributed by atoms with Gasteiger partial charge in [-0.3, -0.25) is 0 Å². The third-order valence-corrected chi connectivity index (χ3v) is 13.1. The molecule has 0 aliphatic heterocycles. The number of anilines is 3. The van der Waals surface area contributed by atoms with E-state index in [0.717, 1.165) is 5.69 Å². The lowest BCUT2D eigenvalue weighted by Crippen LogP contribution is -2.26. The highest BCUT2D eigenvalue weighted by atomic mass is 32.1. The van der Waals surface area contributed by atoms with Crippen molar-refractivity contribution >= 4 is 70.1 Å². The summed E-state index contributed by atoms with van der Waals surface area (Å²) in [5.41, 5.74) is 13.8. The Bertz CT molecular complexity index is 3090. The Hall–Kier alpha value is -6.48. The lowest BCUT2D eigenvalue weighted by Gasteiger charge is -2.33. The number of hydrogen-bond donors (Lipinski definition) is 0. The van der Waals surface area contributed by atoms with Crippen LogP contribution in [0.25, 0.3) is 64.0 Å². The number of benzene rings is 9. The lowest BCUT2D eigenvalue weighted by molar-refractivity contribution is 0.795. The molecule has 2 aliphatic rings. The maximum Gasteiger partial charge on any atom is 0.0726 e. The molecule has 1 nitrogen and oxygen atoms in total. The van der Waals surface area contributed by atoms with E-state index in [9.17, 15) is 0 Å². The van der Waals surface area contributed by atoms with Crippen LogP contribution in [0.15, 0.2) is 188 Å². The predicted molar refractivity (Wildman–Crippen MR) is 225 cm³/mol. The average molecular weight is 690 g/mol. The van der Waals surface area contributed by atoms with Crippen molar-refractivity contribution in [2.24, 2.45) is 0 Å². The molecule has 10 aromatic rings. The molecule has 0 saturated carbocycles. The molecule has 12 rings (SSSR count). The average Bonchev–Trinajstić information content (AvgIpc) is 3.86. The molecular weight excluding hydrogens is 659 g/mol. The van der Waals surface area contributed by atoms with Crippen molar-refractivity contribution in [1.29, 1.82) is 0 Å². The largest absolute Gasteiger partial charge is 0.308 e. The van der Waals surface area contributed by atoms with E-state index in [-0.39, 0.29) is 0 Å². The zero-order valence-corrected chi connectivity index (χ0v) is 29.6. The molecule has 1 heterocycles. The molecule has 2 aliphatic carbocycles. The Labute approximate surface area is 311 Å². The van der Waals surface area contributed by atoms with Crippen LogP contribution in [0.3, 0.4) is 0 Å². The van der Waals surface area contributed by atoms with Crippen LogP contribution >= 0.6 is 11.3 Å². The highest BCUT2D eigenvalue weighted by molar-refractivity contribution is 7.26. The van der Waals surface area contributed by atoms with E-state index in [2.05, 4.69) is 193 Å². The maximum absolute atomic E-state index is 2.56. The zero-order valence-electron chi connectivity index (χ0n) is 28.8. The van der Waals surface area contributed by atoms with Crippen LogP contribution in [0.4, 0.5) is 17.1 Å². The first-order valence-corrected chi connectivity index (χ1v) is 19.2. The summed E-state index contributed by atoms with van der Waals surface area (Å²) in [4.78, 5) is 2.53. The summed E-state index contributed by atoms with van der Waals surface area (Å²) in [5, 5.41) is 7.69. The molecule has 1 aromatic heterocycles. The van der Waals surface area contributed by atoms with Crippen molar-refractivity contribution in [2.45, 2.75) is 5.41 Å². The minimum atomic E-state index is -0.480. The third-order valence-electron chi connectivity index (χ3n) is 11.8. The number of rotatable bonds is 3. The molecule has 0 amide bonds. The SMILES string of the molecule is c1ccc(N(c2cc3c(c4ccccc24)-c2c(ccc4ccccc24)C32c3ccccc3-c3ccccc32)c2cccc3c2sc2ccccc23)cc1. The van der Waals surface area contributed by atoms with Crippen LogP contribution in [0.1, 0.15) is 22.3 Å². The normalized spacial score (nSPS) is 13.4. The first-order valence-electron chi connectivity index (χ1n) is 18.4. The molecular formula is C51H31NS. The Morgan fingerprint density at radius 3 is 1.77 bits per heavy atom. The van der Waals surface area contributed by atoms with Crippen molar-refractivity contribution in [3.63, 3.8) is 0 Å². The van der Waals surface area contributed by atoms with Gasteiger partial charge in [0.15, 0.2) is 0 Å². The molecule has 0 atom stereocenters. The van der Waals surface area contributed by atoms with E-state index in [1.807, 2.05) is 11.3 Å². The van der Waals surface area contributed by atoms with Gasteiger partial charge in [-0.05, 0) is 91.0 Å². The zero-order chi connectivity index (χ0) is 34.7. The molecule has 9 aromatic carbocycles. The maximum atomic E-state index is 2.56. The summed E-state index contributed by atoms with van der Waals surface area (Å²) in [6.07, 6.45) is 0. The summed E-state index contributed by atoms with van der Waals surface area (Å²) >= 11 is 1.89. The van der Waals surface area contributed by atoms with Gasteiger partial charge in [-0.1, -0.05) is 158 Å². The number of hydrogen-bond acceptors (Lipinski definition) is 2. The smallest absolute Gasteiger partial charge is 0.0726 e. The van der Waals surface area contributed by atoms with Crippen molar-refractivity contribution in [2.75, 3.05) is 4.90 Å². The minimum absolute atomic E-state index is 0.480. The Morgan fingerprint density at radius 1 is 0.377 bits per heavy atom. The third kappa shape index (κ3) is 3.76. The number of nitrogens with zero attached hydrogens (tertiary/aromatic N) is 1. The summed E-state index contributed by atoms with van der Waals surface area (Å²) in [6.45, 7) is 0. The Morgan fingerprint density at radius 2 is 0.981 bits per heavy atom. The van der Waals surface area contributed by atoms with Crippen LogP contribution in [-0.2, 0) is 5.41 Å². The van der Waals surface area contributed by atoms with Gasteiger partial charge in [-0.25, -0.2) is 0 Å². The van der Waals surface area contributed by atoms with Gasteiger partial charge in [0.05, 0.1) is 21.5 Å². The molecule has 2 heteroatoms. The number of fused-ring (bicyclic) bond motifs is 17. The Kier molecular flexibility index (Phi) is 5.92. The van der Waals surface area contributed by atoms with Crippen molar-refractivity contribution in [3.8, 4) is 22.3 Å². The van der Waals surface area contributed by atoms with Crippen molar-refractivity contribution in [1.82, 2.24) is 0 Å². The van der Waals surface area contributed by atoms with Gasteiger partial charge in [-0.2, -0.15) is 0 Å². The van der Waals surface area contributed by atoms with Crippen molar-refractivity contribution in [3.05, 3.63) is 210 Å². The molecule has 0 unspecified atom stereocenters. The fourth-order valence-corrected chi connectivity index (χ4v) is 11.0. The summed E-state index contributed by atoms with van der Waals surface area (Å²) < 4.78 is 2.60. The fraction of sp³-hybridized carbons (Fsp3) is 0.0196. The molecule has 0 N–H and O–H groups in total. The lowest BCUT2D eigenvalue weighted by atomic mass is 9.70. The van der Waals surface area contributed by atoms with E-state index in [1.165, 1.54) is 97.6 Å². The first kappa shape index (κ1) is 29.1. The first-order chi connectivity index (χ1) is 26.3. The molecule has 0 fully saturated rings. The number of para-hydroxylation sites is 1. The van der Waals surface area contributed by atoms with E-state index in [1.54, 1.807) is 0 Å². The minimum Gasteiger partial charge on any atom is -0.308 e. The van der Waals surface area contributed by atoms with Gasteiger partial charge in [0, 0.05) is 26.5 Å². The summed E-state index contributed by atoms with van der Waals surface area (Å²) in [5.74, 6) is 0. The topological polar surface area (TPSA) is 3.24 Å². The fourth-order valence-electron chi connectivity index (χ4n) is 9.81. The second-order valence-corrected chi connectivity index (χ2v) is 15.4. The summed E-state index contributed by atoms with van der Waals surface area (Å²) in [7, 11) is 0. The van der Waals surface area contributed by atoms with Crippen LogP contribution in [0.2, 0.25) is 0 Å². The van der Waals surface area contributed by atoms with Gasteiger partial charge in [-0.15, -0.1) is 11.3 Å². The second kappa shape index (κ2) is 10.8. The summed E-state index contributed by atoms with van der Waals surface area (Å²) in [6, 6.07) is 70.2. The van der Waals surface area contributed by atoms with Gasteiger partial charge in [0.25, 0.3) is 0 Å². The Balaban J connectivity index is 1.27. The van der Waals surface area contributed by atoms with E-state index < -0.39 is 5.41 Å². The van der Waals surface area contributed by atoms with Gasteiger partial charge < -0.3 is 4.90 Å². The molecule has 0 bridgehead atoms. The van der Waals surface area contributed by atoms with Crippen LogP contribution < -0.4 is 4.90 Å². The second-order valence-electron chi connectivity index (χ2n) is 14.3. The standard InChI is InChI=1S/C51H31NS/c1-2-16-33(17-3-1)52(45-27-14-24-40-38-22-10-13-28-47(38)53-50(40)45)46-31-44-49(39-23-7-6-21-37(39)46)48-34-18-5-4-15-32(34)29-30-43(48)51(44)41-25-11-8-19-35(41)36-20-9-12-26-42(36)51/h1-31H. The van der Waals surface area contributed by atoms with E-state index in [4.69, 9.17) is 0 Å². The van der Waals surface area contributed by atoms with Crippen LogP contribution in [0.5, 0.6) is 0 Å². The highest BCUT2D eigenvalue weighted by Crippen LogP contribution is 2.66. The van der Waals surface area contributed by atoms with Crippen LogP contribution in [-0.4, -0.2) is 0 Å². The van der Waals surface area contributed by atoms with Gasteiger partial charge in [0.2, 0.25) is 0 Å². The predicted octanol–water partition coefficient (Wildman–Crippen LogP) is 14.2. The molecule has 0 saturated heterocycles. The molecule has 53 heavy (non-hydrogen) atoms. The molecule has 246 valence electrons. The quantitative estimate of drug-likeness (QED) is 0.178. The van der Waals surface area contributed by atoms with Gasteiger partial charge >= 0.3 is 0 Å². The molecule has 0 radical (unpaired) electrons. The van der Waals surface area contributed by atoms with Crippen LogP contribution in [0, 0.1) is 0 Å². The van der Waals surface area contributed by atoms with E-state index in [0.29, 0.717) is 0 Å². The van der Waals surface area contributed by atoms with E-state index >= 15 is 0 Å². The van der Waals surface area contributed by atoms with Crippen molar-refractivity contribution < 1.29 is 0 Å². The molecule has 1 spiro atoms. The highest BCUT2D eigenvalue weighted by Gasteiger charge is 2.52. The van der Waals surface area contributed by atoms with Gasteiger partial charge in [0.1, 0.15) is 0 Å².